The van der Waals surface area contributed by atoms with Crippen LogP contribution in [-0.4, -0.2) is 61.4 Å². The molecule has 0 radical (unpaired) electrons. The zero-order valence-electron chi connectivity index (χ0n) is 18.7. The normalized spacial score (nSPS) is 21.4. The van der Waals surface area contributed by atoms with E-state index >= 15 is 0 Å². The molecule has 2 saturated heterocycles. The van der Waals surface area contributed by atoms with E-state index in [9.17, 15) is 14.4 Å². The number of amides is 1. The van der Waals surface area contributed by atoms with E-state index in [1.54, 1.807) is 11.8 Å². The van der Waals surface area contributed by atoms with Gasteiger partial charge in [-0.3, -0.25) is 14.4 Å². The predicted octanol–water partition coefficient (Wildman–Crippen LogP) is 2.71. The number of benzene rings is 1. The van der Waals surface area contributed by atoms with Crippen molar-refractivity contribution in [3.05, 3.63) is 34.4 Å². The summed E-state index contributed by atoms with van der Waals surface area (Å²) in [4.78, 5) is 40.8. The lowest BCUT2D eigenvalue weighted by atomic mass is 9.81. The summed E-state index contributed by atoms with van der Waals surface area (Å²) in [7, 11) is 0. The molecule has 6 nitrogen and oxygen atoms in total. The molecule has 166 valence electrons. The second kappa shape index (κ2) is 10.7. The molecule has 1 aromatic rings. The number of carbonyl (C=O) groups is 3. The lowest BCUT2D eigenvalue weighted by molar-refractivity contribution is -0.158. The van der Waals surface area contributed by atoms with E-state index in [2.05, 4.69) is 11.8 Å². The summed E-state index contributed by atoms with van der Waals surface area (Å²) in [5, 5.41) is 0. The van der Waals surface area contributed by atoms with Crippen molar-refractivity contribution in [2.45, 2.75) is 58.5 Å². The average molecular weight is 426 g/mol. The van der Waals surface area contributed by atoms with Crippen LogP contribution in [0.2, 0.25) is 0 Å². The molecule has 0 spiro atoms. The first-order valence-corrected chi connectivity index (χ1v) is 11.0. The van der Waals surface area contributed by atoms with Crippen LogP contribution in [0, 0.1) is 25.7 Å². The first-order chi connectivity index (χ1) is 14.9. The van der Waals surface area contributed by atoms with Crippen molar-refractivity contribution in [2.24, 2.45) is 0 Å². The lowest BCUT2D eigenvalue weighted by Crippen LogP contribution is -2.46. The van der Waals surface area contributed by atoms with E-state index in [1.165, 1.54) is 0 Å². The molecule has 0 aliphatic carbocycles. The van der Waals surface area contributed by atoms with Crippen LogP contribution < -0.4 is 0 Å². The van der Waals surface area contributed by atoms with E-state index < -0.39 is 12.0 Å². The summed E-state index contributed by atoms with van der Waals surface area (Å²) in [5.74, 6) is 4.95. The van der Waals surface area contributed by atoms with Gasteiger partial charge in [0.1, 0.15) is 17.5 Å². The van der Waals surface area contributed by atoms with E-state index in [1.807, 2.05) is 26.0 Å². The number of ether oxygens (including phenoxy) is 2. The Hall–Kier alpha value is -2.49. The summed E-state index contributed by atoms with van der Waals surface area (Å²) in [5.41, 5.74) is 3.56. The van der Waals surface area contributed by atoms with Gasteiger partial charge in [0.25, 0.3) is 5.91 Å². The van der Waals surface area contributed by atoms with Crippen LogP contribution in [0.1, 0.15) is 60.8 Å². The van der Waals surface area contributed by atoms with Crippen molar-refractivity contribution in [1.29, 1.82) is 0 Å². The van der Waals surface area contributed by atoms with Crippen LogP contribution in [0.5, 0.6) is 0 Å². The van der Waals surface area contributed by atoms with Gasteiger partial charge in [0.2, 0.25) is 0 Å². The van der Waals surface area contributed by atoms with Crippen LogP contribution in [0.15, 0.2) is 12.1 Å². The lowest BCUT2D eigenvalue weighted by Gasteiger charge is -2.30. The van der Waals surface area contributed by atoms with Gasteiger partial charge in [0, 0.05) is 31.5 Å². The molecule has 3 rings (SSSR count). The third-order valence-corrected chi connectivity index (χ3v) is 5.90. The Balaban J connectivity index is 1.76. The molecule has 1 amide bonds. The minimum absolute atomic E-state index is 0.0722. The van der Waals surface area contributed by atoms with Gasteiger partial charge in [0.15, 0.2) is 6.10 Å². The minimum atomic E-state index is -0.735. The molecule has 1 aromatic carbocycles. The van der Waals surface area contributed by atoms with Gasteiger partial charge in [-0.25, -0.2) is 0 Å². The smallest absolute Gasteiger partial charge is 0.254 e. The number of nitrogens with zero attached hydrogens (tertiary/aromatic N) is 1. The highest BCUT2D eigenvalue weighted by atomic mass is 16.6. The quantitative estimate of drug-likeness (QED) is 0.538. The Kier molecular flexibility index (Phi) is 8.00. The number of hydrogen-bond acceptors (Lipinski definition) is 5. The predicted molar refractivity (Wildman–Crippen MR) is 117 cm³/mol. The van der Waals surface area contributed by atoms with Gasteiger partial charge < -0.3 is 14.4 Å². The van der Waals surface area contributed by atoms with Crippen LogP contribution in [-0.2, 0) is 23.9 Å². The van der Waals surface area contributed by atoms with Gasteiger partial charge in [-0.2, -0.15) is 0 Å². The highest BCUT2D eigenvalue weighted by molar-refractivity contribution is 6.08. The van der Waals surface area contributed by atoms with Crippen molar-refractivity contribution in [2.75, 3.05) is 32.9 Å². The number of aryl methyl sites for hydroxylation is 2. The second-order valence-electron chi connectivity index (χ2n) is 8.23. The van der Waals surface area contributed by atoms with Crippen molar-refractivity contribution < 1.29 is 23.9 Å². The summed E-state index contributed by atoms with van der Waals surface area (Å²) >= 11 is 0. The van der Waals surface area contributed by atoms with Crippen molar-refractivity contribution in [1.82, 2.24) is 4.90 Å². The molecule has 0 unspecified atom stereocenters. The first kappa shape index (κ1) is 23.2. The molecular weight excluding hydrogens is 394 g/mol. The maximum atomic E-state index is 13.1. The molecule has 2 aliphatic rings. The summed E-state index contributed by atoms with van der Waals surface area (Å²) < 4.78 is 10.9. The number of rotatable bonds is 2. The van der Waals surface area contributed by atoms with Gasteiger partial charge in [-0.15, -0.1) is 5.92 Å². The van der Waals surface area contributed by atoms with Crippen LogP contribution in [0.4, 0.5) is 0 Å². The van der Waals surface area contributed by atoms with Crippen LogP contribution in [0.25, 0.3) is 0 Å². The molecular formula is C25H31NO5. The van der Waals surface area contributed by atoms with Crippen LogP contribution in [0.3, 0.4) is 0 Å². The number of Topliss-reactive ketones (excluding diaryl/α,β-unsaturated/α-hetero) is 2. The zero-order chi connectivity index (χ0) is 22.4. The Bertz CT molecular complexity index is 859. The molecule has 0 aromatic heterocycles. The Morgan fingerprint density at radius 1 is 1.03 bits per heavy atom. The van der Waals surface area contributed by atoms with E-state index in [0.29, 0.717) is 39.1 Å². The monoisotopic (exact) mass is 425 g/mol. The molecule has 31 heavy (non-hydrogen) atoms. The molecule has 6 heteroatoms. The molecule has 1 atom stereocenters. The van der Waals surface area contributed by atoms with Crippen LogP contribution >= 0.6 is 0 Å². The van der Waals surface area contributed by atoms with Gasteiger partial charge in [0.05, 0.1) is 19.8 Å². The topological polar surface area (TPSA) is 72.9 Å². The maximum absolute atomic E-state index is 13.1. The molecule has 2 heterocycles. The van der Waals surface area contributed by atoms with Crippen molar-refractivity contribution >= 4 is 17.5 Å². The van der Waals surface area contributed by atoms with E-state index in [4.69, 9.17) is 9.47 Å². The maximum Gasteiger partial charge on any atom is 0.254 e. The summed E-state index contributed by atoms with van der Waals surface area (Å²) in [6.07, 6.45) is 0.986. The highest BCUT2D eigenvalue weighted by Gasteiger charge is 2.33. The highest BCUT2D eigenvalue weighted by Crippen LogP contribution is 2.30. The molecule has 2 aliphatic heterocycles. The molecule has 0 saturated carbocycles. The standard InChI is InChI=1S/C25H31NO5/c1-4-7-19-14-17(2)23(18(3)15-19)24-20(27)8-5-10-26(11-6-9-21(24)28)25(29)22-16-30-12-13-31-22/h14-15,22,24H,5-6,8-13,16H2,1-3H3/t22-/m0/s1. The third-order valence-electron chi connectivity index (χ3n) is 5.90. The van der Waals surface area contributed by atoms with Gasteiger partial charge in [-0.05, 0) is 62.4 Å². The van der Waals surface area contributed by atoms with Gasteiger partial charge in [-0.1, -0.05) is 5.92 Å². The molecule has 0 N–H and O–H groups in total. The fourth-order valence-electron chi connectivity index (χ4n) is 4.49. The second-order valence-corrected chi connectivity index (χ2v) is 8.23. The Morgan fingerprint density at radius 3 is 2.16 bits per heavy atom. The first-order valence-electron chi connectivity index (χ1n) is 11.0. The molecule has 2 fully saturated rings. The fourth-order valence-corrected chi connectivity index (χ4v) is 4.49. The fraction of sp³-hybridized carbons (Fsp3) is 0.560. The van der Waals surface area contributed by atoms with Crippen molar-refractivity contribution in [3.63, 3.8) is 0 Å². The van der Waals surface area contributed by atoms with Crippen molar-refractivity contribution in [3.8, 4) is 11.8 Å². The van der Waals surface area contributed by atoms with E-state index in [-0.39, 0.29) is 36.9 Å². The largest absolute Gasteiger partial charge is 0.376 e. The Labute approximate surface area is 184 Å². The third kappa shape index (κ3) is 5.61. The number of carbonyl (C=O) groups excluding carboxylic acids is 3. The summed E-state index contributed by atoms with van der Waals surface area (Å²) in [6, 6.07) is 3.90. The summed E-state index contributed by atoms with van der Waals surface area (Å²) in [6.45, 7) is 7.79. The van der Waals surface area contributed by atoms with Gasteiger partial charge >= 0.3 is 0 Å². The SMILES string of the molecule is CC#Cc1cc(C)c(C2C(=O)CCCN(C(=O)[C@@H]3COCCO3)CCCC2=O)c(C)c1. The average Bonchev–Trinajstić information content (AvgIpc) is 2.75. The van der Waals surface area contributed by atoms with E-state index in [0.717, 1.165) is 22.3 Å². The number of ketones is 2. The zero-order valence-corrected chi connectivity index (χ0v) is 18.7. The number of hydrogen-bond donors (Lipinski definition) is 0. The minimum Gasteiger partial charge on any atom is -0.376 e. The molecule has 0 bridgehead atoms. The Morgan fingerprint density at radius 2 is 1.65 bits per heavy atom.